The van der Waals surface area contributed by atoms with Crippen LogP contribution in [0.15, 0.2) is 60.8 Å². The van der Waals surface area contributed by atoms with Crippen LogP contribution in [0.3, 0.4) is 0 Å². The van der Waals surface area contributed by atoms with Crippen molar-refractivity contribution in [1.29, 1.82) is 0 Å². The van der Waals surface area contributed by atoms with E-state index in [1.54, 1.807) is 0 Å². The molecule has 1 aromatic heterocycles. The minimum atomic E-state index is -0.695. The van der Waals surface area contributed by atoms with Crippen molar-refractivity contribution in [2.24, 2.45) is 5.92 Å². The third-order valence-corrected chi connectivity index (χ3v) is 5.49. The molecule has 2 unspecified atom stereocenters. The fraction of sp³-hybridized carbons (Fsp3) is 0.304. The summed E-state index contributed by atoms with van der Waals surface area (Å²) in [5, 5.41) is 10.6. The number of pyridine rings is 1. The van der Waals surface area contributed by atoms with Gasteiger partial charge in [-0.05, 0) is 49.6 Å². The van der Waals surface area contributed by atoms with Crippen LogP contribution in [-0.4, -0.2) is 34.0 Å². The standard InChI is InChI=1S/C23H24N2O2/c1-16-8-10-17(11-9-16)22(25-12-4-6-19(15-25)23(26)27)20-13-18-5-2-3-7-21(18)24-14-20/h2-3,5,7-11,13-14,19,22H,4,6,12,15H2,1H3,(H,26,27). The molecule has 2 aromatic carbocycles. The van der Waals surface area contributed by atoms with Gasteiger partial charge in [-0.1, -0.05) is 48.0 Å². The normalized spacial score (nSPS) is 19.1. The van der Waals surface area contributed by atoms with E-state index >= 15 is 0 Å². The van der Waals surface area contributed by atoms with Crippen LogP contribution >= 0.6 is 0 Å². The largest absolute Gasteiger partial charge is 0.481 e. The number of fused-ring (bicyclic) bond motifs is 1. The number of piperidine rings is 1. The van der Waals surface area contributed by atoms with Gasteiger partial charge < -0.3 is 5.11 Å². The van der Waals surface area contributed by atoms with Gasteiger partial charge in [-0.15, -0.1) is 0 Å². The maximum absolute atomic E-state index is 11.6. The van der Waals surface area contributed by atoms with Crippen LogP contribution < -0.4 is 0 Å². The summed E-state index contributed by atoms with van der Waals surface area (Å²) < 4.78 is 0. The fourth-order valence-electron chi connectivity index (χ4n) is 4.04. The topological polar surface area (TPSA) is 53.4 Å². The van der Waals surface area contributed by atoms with E-state index in [1.165, 1.54) is 11.1 Å². The van der Waals surface area contributed by atoms with E-state index in [9.17, 15) is 9.90 Å². The van der Waals surface area contributed by atoms with Gasteiger partial charge in [0.05, 0.1) is 17.5 Å². The number of aliphatic carboxylic acids is 1. The number of carboxylic acids is 1. The zero-order chi connectivity index (χ0) is 18.8. The molecule has 4 heteroatoms. The number of carbonyl (C=O) groups is 1. The number of benzene rings is 2. The molecule has 1 saturated heterocycles. The number of nitrogens with zero attached hydrogens (tertiary/aromatic N) is 2. The van der Waals surface area contributed by atoms with Crippen molar-refractivity contribution in [3.63, 3.8) is 0 Å². The summed E-state index contributed by atoms with van der Waals surface area (Å²) in [7, 11) is 0. The van der Waals surface area contributed by atoms with Gasteiger partial charge in [0.2, 0.25) is 0 Å². The molecule has 0 radical (unpaired) electrons. The van der Waals surface area contributed by atoms with Crippen LogP contribution in [0.25, 0.3) is 10.9 Å². The second-order valence-electron chi connectivity index (χ2n) is 7.45. The number of hydrogen-bond donors (Lipinski definition) is 1. The Hall–Kier alpha value is -2.72. The molecule has 138 valence electrons. The van der Waals surface area contributed by atoms with Crippen molar-refractivity contribution in [3.8, 4) is 0 Å². The maximum atomic E-state index is 11.6. The first-order valence-electron chi connectivity index (χ1n) is 9.50. The van der Waals surface area contributed by atoms with E-state index in [4.69, 9.17) is 0 Å². The molecule has 3 aromatic rings. The highest BCUT2D eigenvalue weighted by Gasteiger charge is 2.31. The number of rotatable bonds is 4. The van der Waals surface area contributed by atoms with Gasteiger partial charge in [-0.25, -0.2) is 0 Å². The van der Waals surface area contributed by atoms with Crippen molar-refractivity contribution < 1.29 is 9.90 Å². The van der Waals surface area contributed by atoms with Crippen LogP contribution in [0.1, 0.15) is 35.6 Å². The highest BCUT2D eigenvalue weighted by molar-refractivity contribution is 5.79. The molecule has 2 atom stereocenters. The van der Waals surface area contributed by atoms with Crippen molar-refractivity contribution in [2.45, 2.75) is 25.8 Å². The first-order valence-corrected chi connectivity index (χ1v) is 9.50. The summed E-state index contributed by atoms with van der Waals surface area (Å²) >= 11 is 0. The predicted octanol–water partition coefficient (Wildman–Crippen LogP) is 4.43. The first kappa shape index (κ1) is 17.7. The Morgan fingerprint density at radius 2 is 1.93 bits per heavy atom. The van der Waals surface area contributed by atoms with Gasteiger partial charge in [0.1, 0.15) is 0 Å². The van der Waals surface area contributed by atoms with Crippen LogP contribution in [0.4, 0.5) is 0 Å². The smallest absolute Gasteiger partial charge is 0.307 e. The van der Waals surface area contributed by atoms with E-state index < -0.39 is 5.97 Å². The van der Waals surface area contributed by atoms with Gasteiger partial charge in [0.25, 0.3) is 0 Å². The van der Waals surface area contributed by atoms with E-state index in [-0.39, 0.29) is 12.0 Å². The number of aromatic nitrogens is 1. The lowest BCUT2D eigenvalue weighted by atomic mass is 9.91. The van der Waals surface area contributed by atoms with Crippen LogP contribution in [0.2, 0.25) is 0 Å². The third kappa shape index (κ3) is 3.71. The lowest BCUT2D eigenvalue weighted by molar-refractivity contribution is -0.143. The number of hydrogen-bond acceptors (Lipinski definition) is 3. The zero-order valence-corrected chi connectivity index (χ0v) is 15.5. The van der Waals surface area contributed by atoms with E-state index in [0.29, 0.717) is 6.54 Å². The minimum Gasteiger partial charge on any atom is -0.481 e. The molecule has 0 spiro atoms. The van der Waals surface area contributed by atoms with Gasteiger partial charge in [-0.2, -0.15) is 0 Å². The van der Waals surface area contributed by atoms with Crippen LogP contribution in [0.5, 0.6) is 0 Å². The summed E-state index contributed by atoms with van der Waals surface area (Å²) in [6.45, 7) is 3.55. The van der Waals surface area contributed by atoms with Gasteiger partial charge in [0, 0.05) is 18.1 Å². The maximum Gasteiger partial charge on any atom is 0.307 e. The van der Waals surface area contributed by atoms with Crippen molar-refractivity contribution in [1.82, 2.24) is 9.88 Å². The first-order chi connectivity index (χ1) is 13.1. The summed E-state index contributed by atoms with van der Waals surface area (Å²) in [5.74, 6) is -1.00. The molecule has 1 aliphatic rings. The summed E-state index contributed by atoms with van der Waals surface area (Å²) in [4.78, 5) is 18.5. The Morgan fingerprint density at radius 1 is 1.15 bits per heavy atom. The van der Waals surface area contributed by atoms with Crippen LogP contribution in [0, 0.1) is 12.8 Å². The fourth-order valence-corrected chi connectivity index (χ4v) is 4.04. The molecular weight excluding hydrogens is 336 g/mol. The summed E-state index contributed by atoms with van der Waals surface area (Å²) in [6.07, 6.45) is 3.60. The second kappa shape index (κ2) is 7.49. The average molecular weight is 360 g/mol. The molecule has 0 saturated carbocycles. The van der Waals surface area contributed by atoms with E-state index in [2.05, 4.69) is 53.2 Å². The van der Waals surface area contributed by atoms with Crippen molar-refractivity contribution in [3.05, 3.63) is 77.5 Å². The Labute approximate surface area is 159 Å². The molecular formula is C23H24N2O2. The Bertz CT molecular complexity index is 952. The summed E-state index contributed by atoms with van der Waals surface area (Å²) in [6, 6.07) is 18.9. The minimum absolute atomic E-state index is 0.0184. The lowest BCUT2D eigenvalue weighted by Gasteiger charge is -2.37. The quantitative estimate of drug-likeness (QED) is 0.748. The predicted molar refractivity (Wildman–Crippen MR) is 107 cm³/mol. The van der Waals surface area contributed by atoms with Crippen molar-refractivity contribution in [2.75, 3.05) is 13.1 Å². The number of para-hydroxylation sites is 1. The Kier molecular flexibility index (Phi) is 4.90. The highest BCUT2D eigenvalue weighted by Crippen LogP contribution is 2.33. The highest BCUT2D eigenvalue weighted by atomic mass is 16.4. The third-order valence-electron chi connectivity index (χ3n) is 5.49. The SMILES string of the molecule is Cc1ccc(C(c2cnc3ccccc3c2)N2CCCC(C(=O)O)C2)cc1. The molecule has 0 bridgehead atoms. The number of carboxylic acid groups (broad SMARTS) is 1. The Morgan fingerprint density at radius 3 is 2.70 bits per heavy atom. The lowest BCUT2D eigenvalue weighted by Crippen LogP contribution is -2.41. The monoisotopic (exact) mass is 360 g/mol. The summed E-state index contributed by atoms with van der Waals surface area (Å²) in [5.41, 5.74) is 4.49. The molecule has 27 heavy (non-hydrogen) atoms. The second-order valence-corrected chi connectivity index (χ2v) is 7.45. The molecule has 1 aliphatic heterocycles. The van der Waals surface area contributed by atoms with Gasteiger partial charge >= 0.3 is 5.97 Å². The Balaban J connectivity index is 1.77. The number of aryl methyl sites for hydroxylation is 1. The molecule has 4 rings (SSSR count). The molecule has 4 nitrogen and oxygen atoms in total. The van der Waals surface area contributed by atoms with Crippen molar-refractivity contribution >= 4 is 16.9 Å². The number of likely N-dealkylation sites (tertiary alicyclic amines) is 1. The molecule has 1 N–H and O–H groups in total. The van der Waals surface area contributed by atoms with Crippen LogP contribution in [-0.2, 0) is 4.79 Å². The molecule has 0 amide bonds. The average Bonchev–Trinajstić information content (AvgIpc) is 2.70. The molecule has 2 heterocycles. The van der Waals surface area contributed by atoms with E-state index in [1.807, 2.05) is 24.4 Å². The van der Waals surface area contributed by atoms with Gasteiger partial charge in [-0.3, -0.25) is 14.7 Å². The molecule has 0 aliphatic carbocycles. The van der Waals surface area contributed by atoms with Gasteiger partial charge in [0.15, 0.2) is 0 Å². The van der Waals surface area contributed by atoms with E-state index in [0.717, 1.165) is 35.9 Å². The zero-order valence-electron chi connectivity index (χ0n) is 15.5. The molecule has 1 fully saturated rings.